The van der Waals surface area contributed by atoms with Crippen LogP contribution in [-0.4, -0.2) is 35.7 Å². The summed E-state index contributed by atoms with van der Waals surface area (Å²) >= 11 is 0. The van der Waals surface area contributed by atoms with Gasteiger partial charge in [-0.1, -0.05) is 0 Å². The van der Waals surface area contributed by atoms with Gasteiger partial charge in [-0.05, 0) is 19.9 Å². The van der Waals surface area contributed by atoms with E-state index in [9.17, 15) is 0 Å². The summed E-state index contributed by atoms with van der Waals surface area (Å²) in [7, 11) is -1.34. The van der Waals surface area contributed by atoms with E-state index in [2.05, 4.69) is 0 Å². The Morgan fingerprint density at radius 1 is 1.25 bits per heavy atom. The van der Waals surface area contributed by atoms with Crippen LogP contribution in [0.4, 0.5) is 0 Å². The fourth-order valence-corrected chi connectivity index (χ4v) is 3.18. The quantitative estimate of drug-likeness (QED) is 0.583. The molecular weight excluding hydrogens is 172 g/mol. The third-order valence-electron chi connectivity index (χ3n) is 1.94. The van der Waals surface area contributed by atoms with Crippen LogP contribution < -0.4 is 0 Å². The van der Waals surface area contributed by atoms with Gasteiger partial charge in [-0.2, -0.15) is 0 Å². The van der Waals surface area contributed by atoms with Gasteiger partial charge in [0.2, 0.25) is 0 Å². The Labute approximate surface area is 75.9 Å². The highest BCUT2D eigenvalue weighted by Gasteiger charge is 2.25. The van der Waals surface area contributed by atoms with E-state index in [4.69, 9.17) is 13.6 Å². The second-order valence-corrected chi connectivity index (χ2v) is 4.98. The molecule has 0 aliphatic carbocycles. The van der Waals surface area contributed by atoms with E-state index in [0.717, 1.165) is 32.5 Å². The van der Waals surface area contributed by atoms with E-state index in [1.54, 1.807) is 0 Å². The lowest BCUT2D eigenvalue weighted by atomic mass is 10.1. The molecule has 0 unspecified atom stereocenters. The van der Waals surface area contributed by atoms with Crippen molar-refractivity contribution in [2.75, 3.05) is 26.4 Å². The zero-order chi connectivity index (χ0) is 8.81. The third-order valence-corrected chi connectivity index (χ3v) is 4.40. The van der Waals surface area contributed by atoms with E-state index < -0.39 is 9.28 Å². The highest BCUT2D eigenvalue weighted by atomic mass is 28.3. The van der Waals surface area contributed by atoms with Crippen LogP contribution in [-0.2, 0) is 13.6 Å². The SMILES string of the molecule is CCO[SiH](CC1COC1)OCC. The average Bonchev–Trinajstić information content (AvgIpc) is 1.97. The third kappa shape index (κ3) is 3.22. The maximum atomic E-state index is 5.55. The second-order valence-electron chi connectivity index (χ2n) is 2.98. The van der Waals surface area contributed by atoms with Crippen molar-refractivity contribution in [1.29, 1.82) is 0 Å². The molecule has 0 radical (unpaired) electrons. The first-order chi connectivity index (χ1) is 5.86. The Balaban J connectivity index is 2.11. The molecule has 12 heavy (non-hydrogen) atoms. The summed E-state index contributed by atoms with van der Waals surface area (Å²) in [5.41, 5.74) is 0. The van der Waals surface area contributed by atoms with Gasteiger partial charge in [0.25, 0.3) is 0 Å². The highest BCUT2D eigenvalue weighted by molar-refractivity contribution is 6.44. The van der Waals surface area contributed by atoms with Crippen molar-refractivity contribution in [3.63, 3.8) is 0 Å². The van der Waals surface area contributed by atoms with Crippen molar-refractivity contribution in [2.24, 2.45) is 5.92 Å². The number of ether oxygens (including phenoxy) is 1. The molecule has 1 rings (SSSR count). The number of hydrogen-bond donors (Lipinski definition) is 0. The van der Waals surface area contributed by atoms with Gasteiger partial charge in [0.05, 0.1) is 13.2 Å². The fourth-order valence-electron chi connectivity index (χ4n) is 1.25. The summed E-state index contributed by atoms with van der Waals surface area (Å²) in [6.07, 6.45) is 0. The molecule has 1 aliphatic heterocycles. The van der Waals surface area contributed by atoms with Crippen molar-refractivity contribution < 1.29 is 13.6 Å². The van der Waals surface area contributed by atoms with Crippen molar-refractivity contribution >= 4 is 9.28 Å². The van der Waals surface area contributed by atoms with Gasteiger partial charge in [-0.15, -0.1) is 0 Å². The topological polar surface area (TPSA) is 27.7 Å². The van der Waals surface area contributed by atoms with Crippen LogP contribution in [0.5, 0.6) is 0 Å². The molecule has 0 N–H and O–H groups in total. The van der Waals surface area contributed by atoms with Crippen molar-refractivity contribution in [2.45, 2.75) is 19.9 Å². The van der Waals surface area contributed by atoms with E-state index >= 15 is 0 Å². The minimum absolute atomic E-state index is 0.708. The first-order valence-electron chi connectivity index (χ1n) is 4.67. The summed E-state index contributed by atoms with van der Waals surface area (Å²) in [5, 5.41) is 0. The van der Waals surface area contributed by atoms with Crippen molar-refractivity contribution in [1.82, 2.24) is 0 Å². The lowest BCUT2D eigenvalue weighted by Gasteiger charge is -2.28. The lowest BCUT2D eigenvalue weighted by Crippen LogP contribution is -2.35. The van der Waals surface area contributed by atoms with Crippen LogP contribution in [0.15, 0.2) is 0 Å². The molecular formula is C8H18O3Si. The van der Waals surface area contributed by atoms with Crippen molar-refractivity contribution in [3.8, 4) is 0 Å². The van der Waals surface area contributed by atoms with Gasteiger partial charge in [0.15, 0.2) is 0 Å². The minimum atomic E-state index is -1.34. The molecule has 1 heterocycles. The summed E-state index contributed by atoms with van der Waals surface area (Å²) in [6, 6.07) is 1.11. The average molecular weight is 190 g/mol. The normalized spacial score (nSPS) is 18.2. The van der Waals surface area contributed by atoms with Crippen LogP contribution >= 0.6 is 0 Å². The molecule has 1 saturated heterocycles. The molecule has 0 bridgehead atoms. The maximum Gasteiger partial charge on any atom is 0.321 e. The molecule has 0 amide bonds. The zero-order valence-electron chi connectivity index (χ0n) is 7.91. The fraction of sp³-hybridized carbons (Fsp3) is 1.00. The molecule has 0 aromatic rings. The first-order valence-corrected chi connectivity index (χ1v) is 6.43. The minimum Gasteiger partial charge on any atom is -0.397 e. The van der Waals surface area contributed by atoms with Crippen LogP contribution in [0, 0.1) is 5.92 Å². The van der Waals surface area contributed by atoms with Gasteiger partial charge in [0.1, 0.15) is 0 Å². The number of rotatable bonds is 6. The maximum absolute atomic E-state index is 5.55. The molecule has 0 saturated carbocycles. The molecule has 0 atom stereocenters. The monoisotopic (exact) mass is 190 g/mol. The van der Waals surface area contributed by atoms with Gasteiger partial charge in [-0.3, -0.25) is 0 Å². The molecule has 72 valence electrons. The van der Waals surface area contributed by atoms with E-state index in [1.165, 1.54) is 0 Å². The largest absolute Gasteiger partial charge is 0.397 e. The second kappa shape index (κ2) is 5.69. The Kier molecular flexibility index (Phi) is 4.83. The van der Waals surface area contributed by atoms with Crippen molar-refractivity contribution in [3.05, 3.63) is 0 Å². The Morgan fingerprint density at radius 2 is 1.83 bits per heavy atom. The molecule has 4 heteroatoms. The summed E-state index contributed by atoms with van der Waals surface area (Å²) in [5.74, 6) is 0.708. The van der Waals surface area contributed by atoms with Gasteiger partial charge >= 0.3 is 9.28 Å². The van der Waals surface area contributed by atoms with E-state index in [1.807, 2.05) is 13.8 Å². The predicted octanol–water partition coefficient (Wildman–Crippen LogP) is 0.926. The zero-order valence-corrected chi connectivity index (χ0v) is 9.07. The summed E-state index contributed by atoms with van der Waals surface area (Å²) < 4.78 is 16.2. The van der Waals surface area contributed by atoms with Crippen LogP contribution in [0.1, 0.15) is 13.8 Å². The first kappa shape index (κ1) is 10.2. The van der Waals surface area contributed by atoms with Gasteiger partial charge in [0, 0.05) is 19.1 Å². The summed E-state index contributed by atoms with van der Waals surface area (Å²) in [6.45, 7) is 7.43. The standard InChI is InChI=1S/C8H18O3Si/c1-3-10-12(11-4-2)7-8-5-9-6-8/h8,12H,3-7H2,1-2H3. The smallest absolute Gasteiger partial charge is 0.321 e. The highest BCUT2D eigenvalue weighted by Crippen LogP contribution is 2.17. The van der Waals surface area contributed by atoms with Crippen LogP contribution in [0.25, 0.3) is 0 Å². The molecule has 3 nitrogen and oxygen atoms in total. The van der Waals surface area contributed by atoms with E-state index in [-0.39, 0.29) is 0 Å². The Morgan fingerprint density at radius 3 is 2.17 bits per heavy atom. The Hall–Kier alpha value is 0.0969. The molecule has 1 fully saturated rings. The molecule has 0 spiro atoms. The molecule has 1 aliphatic rings. The van der Waals surface area contributed by atoms with Gasteiger partial charge in [-0.25, -0.2) is 0 Å². The predicted molar refractivity (Wildman–Crippen MR) is 49.5 cm³/mol. The lowest BCUT2D eigenvalue weighted by molar-refractivity contribution is -0.0260. The van der Waals surface area contributed by atoms with Gasteiger partial charge < -0.3 is 13.6 Å². The molecule has 0 aromatic carbocycles. The summed E-state index contributed by atoms with van der Waals surface area (Å²) in [4.78, 5) is 0. The van der Waals surface area contributed by atoms with Crippen LogP contribution in [0.3, 0.4) is 0 Å². The van der Waals surface area contributed by atoms with E-state index in [0.29, 0.717) is 5.92 Å². The Bertz CT molecular complexity index is 111. The van der Waals surface area contributed by atoms with Crippen LogP contribution in [0.2, 0.25) is 6.04 Å². The number of hydrogen-bond acceptors (Lipinski definition) is 3. The molecule has 0 aromatic heterocycles.